The van der Waals surface area contributed by atoms with Gasteiger partial charge in [-0.05, 0) is 47.9 Å². The van der Waals surface area contributed by atoms with Gasteiger partial charge in [0, 0.05) is 27.6 Å². The first-order chi connectivity index (χ1) is 14.2. The Kier molecular flexibility index (Phi) is 4.16. The molecule has 5 rings (SSSR count). The van der Waals surface area contributed by atoms with Crippen LogP contribution in [-0.4, -0.2) is 0 Å². The number of hydrogen-bond acceptors (Lipinski definition) is 2. The maximum Gasteiger partial charge on any atom is 0.213 e. The number of aromatic nitrogens is 1. The molecule has 0 bridgehead atoms. The number of benzene rings is 3. The van der Waals surface area contributed by atoms with Crippen molar-refractivity contribution in [1.82, 2.24) is 0 Å². The maximum absolute atomic E-state index is 9.37. The van der Waals surface area contributed by atoms with E-state index in [1.54, 1.807) is 11.3 Å². The standard InChI is InChI=1S/C26H19N2S/c1-17-14-21(19-8-4-3-5-9-19)25-20-12-11-18(16-27)15-23(20)29-26(25)24(17)22-10-6-7-13-28(22)2/h3-15H,1-2H3/q+1. The van der Waals surface area contributed by atoms with Crippen LogP contribution in [-0.2, 0) is 7.05 Å². The fourth-order valence-electron chi connectivity index (χ4n) is 4.10. The Morgan fingerprint density at radius 1 is 0.931 bits per heavy atom. The predicted molar refractivity (Wildman–Crippen MR) is 121 cm³/mol. The molecule has 138 valence electrons. The highest BCUT2D eigenvalue weighted by atomic mass is 32.1. The normalized spacial score (nSPS) is 11.1. The summed E-state index contributed by atoms with van der Waals surface area (Å²) in [5, 5.41) is 11.8. The van der Waals surface area contributed by atoms with Gasteiger partial charge in [0.15, 0.2) is 6.20 Å². The van der Waals surface area contributed by atoms with Gasteiger partial charge in [0.05, 0.1) is 21.9 Å². The number of pyridine rings is 1. The molecule has 0 spiro atoms. The van der Waals surface area contributed by atoms with Crippen LogP contribution in [0.25, 0.3) is 42.6 Å². The Morgan fingerprint density at radius 3 is 2.48 bits per heavy atom. The molecule has 0 saturated carbocycles. The van der Waals surface area contributed by atoms with Gasteiger partial charge in [-0.3, -0.25) is 0 Å². The van der Waals surface area contributed by atoms with Gasteiger partial charge in [-0.25, -0.2) is 4.57 Å². The lowest BCUT2D eigenvalue weighted by Gasteiger charge is -2.11. The summed E-state index contributed by atoms with van der Waals surface area (Å²) in [7, 11) is 2.09. The number of thiophene rings is 1. The minimum absolute atomic E-state index is 0.703. The van der Waals surface area contributed by atoms with E-state index >= 15 is 0 Å². The van der Waals surface area contributed by atoms with E-state index in [1.165, 1.54) is 43.4 Å². The number of rotatable bonds is 2. The minimum Gasteiger partial charge on any atom is -0.201 e. The van der Waals surface area contributed by atoms with Crippen molar-refractivity contribution >= 4 is 31.5 Å². The van der Waals surface area contributed by atoms with E-state index in [-0.39, 0.29) is 0 Å². The molecular weight excluding hydrogens is 372 g/mol. The third kappa shape index (κ3) is 2.81. The Balaban J connectivity index is 1.97. The molecule has 0 fully saturated rings. The van der Waals surface area contributed by atoms with E-state index < -0.39 is 0 Å². The molecule has 29 heavy (non-hydrogen) atoms. The number of nitrogens with zero attached hydrogens (tertiary/aromatic N) is 2. The molecule has 0 radical (unpaired) electrons. The molecule has 5 aromatic rings. The first kappa shape index (κ1) is 17.6. The number of fused-ring (bicyclic) bond motifs is 3. The Labute approximate surface area is 173 Å². The summed E-state index contributed by atoms with van der Waals surface area (Å²) in [4.78, 5) is 0. The molecule has 2 nitrogen and oxygen atoms in total. The zero-order chi connectivity index (χ0) is 20.0. The number of aryl methyl sites for hydroxylation is 2. The van der Waals surface area contributed by atoms with Crippen LogP contribution in [0.4, 0.5) is 0 Å². The molecule has 0 aliphatic carbocycles. The van der Waals surface area contributed by atoms with Crippen LogP contribution in [0, 0.1) is 18.3 Å². The van der Waals surface area contributed by atoms with Gasteiger partial charge in [-0.15, -0.1) is 11.3 Å². The third-order valence-corrected chi connectivity index (χ3v) is 6.64. The van der Waals surface area contributed by atoms with Gasteiger partial charge >= 0.3 is 0 Å². The molecule has 3 heteroatoms. The van der Waals surface area contributed by atoms with Crippen LogP contribution in [0.15, 0.2) is 79.0 Å². The predicted octanol–water partition coefficient (Wildman–Crippen LogP) is 6.39. The second-order valence-corrected chi connectivity index (χ2v) is 8.36. The molecular formula is C26H19N2S+. The molecule has 2 aromatic heterocycles. The van der Waals surface area contributed by atoms with Crippen LogP contribution in [0.5, 0.6) is 0 Å². The van der Waals surface area contributed by atoms with E-state index in [0.29, 0.717) is 5.56 Å². The number of nitriles is 1. The first-order valence-corrected chi connectivity index (χ1v) is 10.4. The largest absolute Gasteiger partial charge is 0.213 e. The molecule has 0 unspecified atom stereocenters. The fraction of sp³-hybridized carbons (Fsp3) is 0.0769. The highest BCUT2D eigenvalue weighted by molar-refractivity contribution is 7.26. The number of hydrogen-bond donors (Lipinski definition) is 0. The molecule has 0 aliphatic rings. The van der Waals surface area contributed by atoms with Crippen molar-refractivity contribution in [3.8, 4) is 28.5 Å². The van der Waals surface area contributed by atoms with Gasteiger partial charge in [-0.2, -0.15) is 5.26 Å². The zero-order valence-corrected chi connectivity index (χ0v) is 17.1. The van der Waals surface area contributed by atoms with Crippen molar-refractivity contribution in [2.45, 2.75) is 6.92 Å². The van der Waals surface area contributed by atoms with Crippen molar-refractivity contribution in [3.63, 3.8) is 0 Å². The summed E-state index contributed by atoms with van der Waals surface area (Å²) in [5.74, 6) is 0. The highest BCUT2D eigenvalue weighted by Gasteiger charge is 2.22. The zero-order valence-electron chi connectivity index (χ0n) is 16.3. The van der Waals surface area contributed by atoms with Crippen molar-refractivity contribution in [1.29, 1.82) is 5.26 Å². The van der Waals surface area contributed by atoms with Crippen molar-refractivity contribution in [2.24, 2.45) is 7.05 Å². The second-order valence-electron chi connectivity index (χ2n) is 7.31. The smallest absolute Gasteiger partial charge is 0.201 e. The molecule has 0 atom stereocenters. The van der Waals surface area contributed by atoms with Gasteiger partial charge in [0.2, 0.25) is 5.69 Å². The fourth-order valence-corrected chi connectivity index (χ4v) is 5.47. The monoisotopic (exact) mass is 391 g/mol. The lowest BCUT2D eigenvalue weighted by atomic mass is 9.92. The van der Waals surface area contributed by atoms with Crippen LogP contribution >= 0.6 is 11.3 Å². The summed E-state index contributed by atoms with van der Waals surface area (Å²) in [6.45, 7) is 2.19. The SMILES string of the molecule is Cc1cc(-c2ccccc2)c2c(sc3cc(C#N)ccc32)c1-c1cccc[n+]1C. The molecule has 3 aromatic carbocycles. The minimum atomic E-state index is 0.703. The maximum atomic E-state index is 9.37. The van der Waals surface area contributed by atoms with E-state index in [0.717, 1.165) is 4.70 Å². The van der Waals surface area contributed by atoms with E-state index in [9.17, 15) is 5.26 Å². The lowest BCUT2D eigenvalue weighted by molar-refractivity contribution is -0.660. The van der Waals surface area contributed by atoms with Gasteiger partial charge < -0.3 is 0 Å². The van der Waals surface area contributed by atoms with Crippen LogP contribution in [0.1, 0.15) is 11.1 Å². The Bertz CT molecular complexity index is 1420. The highest BCUT2D eigenvalue weighted by Crippen LogP contribution is 2.45. The molecule has 0 saturated heterocycles. The van der Waals surface area contributed by atoms with Crippen LogP contribution in [0.3, 0.4) is 0 Å². The lowest BCUT2D eigenvalue weighted by Crippen LogP contribution is -2.30. The Morgan fingerprint density at radius 2 is 1.72 bits per heavy atom. The van der Waals surface area contributed by atoms with E-state index in [2.05, 4.69) is 91.5 Å². The summed E-state index contributed by atoms with van der Waals surface area (Å²) in [6.07, 6.45) is 2.09. The van der Waals surface area contributed by atoms with E-state index in [1.807, 2.05) is 12.1 Å². The van der Waals surface area contributed by atoms with Gasteiger partial charge in [0.1, 0.15) is 7.05 Å². The van der Waals surface area contributed by atoms with Crippen molar-refractivity contribution in [2.75, 3.05) is 0 Å². The average Bonchev–Trinajstić information content (AvgIpc) is 3.13. The van der Waals surface area contributed by atoms with E-state index in [4.69, 9.17) is 0 Å². The molecule has 0 aliphatic heterocycles. The summed E-state index contributed by atoms with van der Waals surface area (Å²) >= 11 is 1.78. The average molecular weight is 392 g/mol. The first-order valence-electron chi connectivity index (χ1n) is 9.58. The second kappa shape index (κ2) is 6.84. The molecule has 2 heterocycles. The topological polar surface area (TPSA) is 27.7 Å². The third-order valence-electron chi connectivity index (χ3n) is 5.47. The Hall–Kier alpha value is -3.48. The quantitative estimate of drug-likeness (QED) is 0.320. The van der Waals surface area contributed by atoms with Gasteiger partial charge in [0.25, 0.3) is 0 Å². The summed E-state index contributed by atoms with van der Waals surface area (Å²) in [5.41, 5.74) is 6.88. The van der Waals surface area contributed by atoms with Crippen molar-refractivity contribution < 1.29 is 4.57 Å². The summed E-state index contributed by atoms with van der Waals surface area (Å²) in [6, 6.07) is 27.5. The van der Waals surface area contributed by atoms with Gasteiger partial charge in [-0.1, -0.05) is 36.4 Å². The molecule has 0 amide bonds. The van der Waals surface area contributed by atoms with Crippen molar-refractivity contribution in [3.05, 3.63) is 90.1 Å². The van der Waals surface area contributed by atoms with Crippen LogP contribution in [0.2, 0.25) is 0 Å². The summed E-state index contributed by atoms with van der Waals surface area (Å²) < 4.78 is 4.60. The van der Waals surface area contributed by atoms with Crippen LogP contribution < -0.4 is 4.57 Å². The molecule has 0 N–H and O–H groups in total.